The van der Waals surface area contributed by atoms with Gasteiger partial charge in [0, 0.05) is 30.1 Å². The first-order chi connectivity index (χ1) is 11.2. The highest BCUT2D eigenvalue weighted by molar-refractivity contribution is 5.95. The number of aliphatic hydroxyl groups excluding tert-OH is 1. The summed E-state index contributed by atoms with van der Waals surface area (Å²) < 4.78 is 5.28. The molecule has 1 saturated carbocycles. The minimum Gasteiger partial charge on any atom is -0.395 e. The molecule has 1 amide bonds. The molecule has 1 aliphatic rings. The molecule has 0 bridgehead atoms. The Kier molecular flexibility index (Phi) is 4.71. The van der Waals surface area contributed by atoms with Gasteiger partial charge in [-0.3, -0.25) is 4.79 Å². The molecule has 6 nitrogen and oxygen atoms in total. The number of amides is 1. The highest BCUT2D eigenvalue weighted by atomic mass is 16.5. The highest BCUT2D eigenvalue weighted by Crippen LogP contribution is 2.39. The third-order valence-electron chi connectivity index (χ3n) is 3.89. The second kappa shape index (κ2) is 6.91. The lowest BCUT2D eigenvalue weighted by atomic mass is 10.1. The lowest BCUT2D eigenvalue weighted by molar-refractivity contribution is 0.0722. The Morgan fingerprint density at radius 3 is 2.91 bits per heavy atom. The molecule has 1 aromatic carbocycles. The van der Waals surface area contributed by atoms with Crippen LogP contribution >= 0.6 is 0 Å². The predicted octanol–water partition coefficient (Wildman–Crippen LogP) is 2.46. The van der Waals surface area contributed by atoms with Crippen molar-refractivity contribution in [1.29, 1.82) is 0 Å². The number of hydrogen-bond donors (Lipinski definition) is 1. The van der Waals surface area contributed by atoms with E-state index in [0.717, 1.165) is 24.8 Å². The largest absolute Gasteiger partial charge is 0.395 e. The molecule has 3 rings (SSSR count). The normalized spacial score (nSPS) is 14.0. The lowest BCUT2D eigenvalue weighted by Gasteiger charge is -2.21. The van der Waals surface area contributed by atoms with Crippen LogP contribution in [0.1, 0.15) is 48.4 Å². The van der Waals surface area contributed by atoms with Crippen molar-refractivity contribution >= 4 is 5.91 Å². The highest BCUT2D eigenvalue weighted by Gasteiger charge is 2.29. The number of carbonyl (C=O) groups excluding carboxylic acids is 1. The summed E-state index contributed by atoms with van der Waals surface area (Å²) in [5, 5.41) is 13.1. The van der Waals surface area contributed by atoms with E-state index in [-0.39, 0.29) is 12.5 Å². The SMILES string of the molecule is CCCN(CCO)C(=O)c1cccc(-c2noc(C3CC3)n2)c1. The van der Waals surface area contributed by atoms with Gasteiger partial charge >= 0.3 is 0 Å². The Bertz CT molecular complexity index is 673. The average molecular weight is 315 g/mol. The maximum absolute atomic E-state index is 12.6. The molecule has 1 heterocycles. The van der Waals surface area contributed by atoms with Crippen molar-refractivity contribution in [1.82, 2.24) is 15.0 Å². The van der Waals surface area contributed by atoms with Crippen LogP contribution in [0.25, 0.3) is 11.4 Å². The Hall–Kier alpha value is -2.21. The third-order valence-corrected chi connectivity index (χ3v) is 3.89. The van der Waals surface area contributed by atoms with Gasteiger partial charge in [-0.2, -0.15) is 4.98 Å². The molecule has 0 atom stereocenters. The van der Waals surface area contributed by atoms with Gasteiger partial charge in [-0.25, -0.2) is 0 Å². The maximum atomic E-state index is 12.6. The first-order valence-electron chi connectivity index (χ1n) is 8.07. The number of aromatic nitrogens is 2. The van der Waals surface area contributed by atoms with Gasteiger partial charge in [-0.15, -0.1) is 0 Å². The van der Waals surface area contributed by atoms with E-state index in [1.165, 1.54) is 0 Å². The molecule has 1 aromatic heterocycles. The molecule has 23 heavy (non-hydrogen) atoms. The van der Waals surface area contributed by atoms with E-state index in [2.05, 4.69) is 10.1 Å². The van der Waals surface area contributed by atoms with Crippen molar-refractivity contribution in [3.63, 3.8) is 0 Å². The number of aliphatic hydroxyl groups is 1. The average Bonchev–Trinajstić information content (AvgIpc) is 3.31. The summed E-state index contributed by atoms with van der Waals surface area (Å²) in [6.45, 7) is 2.93. The zero-order valence-electron chi connectivity index (χ0n) is 13.2. The number of rotatable bonds is 7. The topological polar surface area (TPSA) is 79.5 Å². The van der Waals surface area contributed by atoms with E-state index in [9.17, 15) is 4.79 Å². The fraction of sp³-hybridized carbons (Fsp3) is 0.471. The Labute approximate surface area is 135 Å². The Morgan fingerprint density at radius 1 is 1.39 bits per heavy atom. The number of hydrogen-bond acceptors (Lipinski definition) is 5. The molecular formula is C17H21N3O3. The number of benzene rings is 1. The van der Waals surface area contributed by atoms with E-state index in [1.807, 2.05) is 19.1 Å². The van der Waals surface area contributed by atoms with Crippen molar-refractivity contribution in [3.05, 3.63) is 35.7 Å². The zero-order chi connectivity index (χ0) is 16.2. The van der Waals surface area contributed by atoms with Crippen molar-refractivity contribution < 1.29 is 14.4 Å². The van der Waals surface area contributed by atoms with Crippen molar-refractivity contribution in [2.24, 2.45) is 0 Å². The van der Waals surface area contributed by atoms with Crippen LogP contribution in [0.15, 0.2) is 28.8 Å². The van der Waals surface area contributed by atoms with E-state index in [0.29, 0.717) is 36.3 Å². The smallest absolute Gasteiger partial charge is 0.253 e. The van der Waals surface area contributed by atoms with Crippen LogP contribution < -0.4 is 0 Å². The van der Waals surface area contributed by atoms with Crippen LogP contribution in [0.3, 0.4) is 0 Å². The molecule has 0 saturated heterocycles. The standard InChI is InChI=1S/C17H21N3O3/c1-2-8-20(9-10-21)17(22)14-5-3-4-13(11-14)15-18-16(23-19-15)12-6-7-12/h3-5,11-12,21H,2,6-10H2,1H3. The fourth-order valence-corrected chi connectivity index (χ4v) is 2.53. The second-order valence-electron chi connectivity index (χ2n) is 5.83. The van der Waals surface area contributed by atoms with E-state index >= 15 is 0 Å². The quantitative estimate of drug-likeness (QED) is 0.849. The molecule has 6 heteroatoms. The molecule has 1 aliphatic carbocycles. The van der Waals surface area contributed by atoms with Gasteiger partial charge in [0.25, 0.3) is 5.91 Å². The Balaban J connectivity index is 1.81. The first kappa shape index (κ1) is 15.7. The summed E-state index contributed by atoms with van der Waals surface area (Å²) in [6.07, 6.45) is 3.06. The second-order valence-corrected chi connectivity index (χ2v) is 5.83. The lowest BCUT2D eigenvalue weighted by Crippen LogP contribution is -2.34. The molecule has 1 fully saturated rings. The van der Waals surface area contributed by atoms with Gasteiger partial charge in [0.2, 0.25) is 11.7 Å². The molecular weight excluding hydrogens is 294 g/mol. The summed E-state index contributed by atoms with van der Waals surface area (Å²) >= 11 is 0. The van der Waals surface area contributed by atoms with Crippen LogP contribution in [0, 0.1) is 0 Å². The van der Waals surface area contributed by atoms with Gasteiger partial charge < -0.3 is 14.5 Å². The van der Waals surface area contributed by atoms with Gasteiger partial charge in [0.05, 0.1) is 6.61 Å². The van der Waals surface area contributed by atoms with E-state index < -0.39 is 0 Å². The molecule has 0 spiro atoms. The van der Waals surface area contributed by atoms with E-state index in [1.54, 1.807) is 17.0 Å². The van der Waals surface area contributed by atoms with Gasteiger partial charge in [-0.05, 0) is 31.4 Å². The van der Waals surface area contributed by atoms with Gasteiger partial charge in [0.15, 0.2) is 0 Å². The summed E-state index contributed by atoms with van der Waals surface area (Å²) in [7, 11) is 0. The summed E-state index contributed by atoms with van der Waals surface area (Å²) in [5.74, 6) is 1.52. The fourth-order valence-electron chi connectivity index (χ4n) is 2.53. The third kappa shape index (κ3) is 3.59. The summed E-state index contributed by atoms with van der Waals surface area (Å²) in [6, 6.07) is 7.24. The Morgan fingerprint density at radius 2 is 2.22 bits per heavy atom. The van der Waals surface area contributed by atoms with Gasteiger partial charge in [0.1, 0.15) is 0 Å². The minimum absolute atomic E-state index is 0.0407. The molecule has 0 aliphatic heterocycles. The predicted molar refractivity (Wildman–Crippen MR) is 85.0 cm³/mol. The van der Waals surface area contributed by atoms with E-state index in [4.69, 9.17) is 9.63 Å². The summed E-state index contributed by atoms with van der Waals surface area (Å²) in [5.41, 5.74) is 1.34. The van der Waals surface area contributed by atoms with Crippen LogP contribution in [0.4, 0.5) is 0 Å². The molecule has 1 N–H and O–H groups in total. The van der Waals surface area contributed by atoms with Gasteiger partial charge in [-0.1, -0.05) is 24.2 Å². The van der Waals surface area contributed by atoms with Crippen molar-refractivity contribution in [3.8, 4) is 11.4 Å². The molecule has 0 unspecified atom stereocenters. The number of carbonyl (C=O) groups is 1. The van der Waals surface area contributed by atoms with Crippen LogP contribution in [0.5, 0.6) is 0 Å². The number of nitrogens with zero attached hydrogens (tertiary/aromatic N) is 3. The van der Waals surface area contributed by atoms with Crippen molar-refractivity contribution in [2.45, 2.75) is 32.1 Å². The maximum Gasteiger partial charge on any atom is 0.253 e. The zero-order valence-corrected chi connectivity index (χ0v) is 13.2. The van der Waals surface area contributed by atoms with Crippen molar-refractivity contribution in [2.75, 3.05) is 19.7 Å². The van der Waals surface area contributed by atoms with Crippen LogP contribution in [-0.2, 0) is 0 Å². The van der Waals surface area contributed by atoms with Crippen LogP contribution in [0.2, 0.25) is 0 Å². The molecule has 2 aromatic rings. The minimum atomic E-state index is -0.0892. The van der Waals surface area contributed by atoms with Crippen LogP contribution in [-0.4, -0.2) is 45.8 Å². The molecule has 0 radical (unpaired) electrons. The molecule has 122 valence electrons. The summed E-state index contributed by atoms with van der Waals surface area (Å²) in [4.78, 5) is 18.7. The first-order valence-corrected chi connectivity index (χ1v) is 8.07. The monoisotopic (exact) mass is 315 g/mol.